The fourth-order valence-electron chi connectivity index (χ4n) is 3.40. The van der Waals surface area contributed by atoms with Crippen LogP contribution in [0.1, 0.15) is 25.1 Å². The highest BCUT2D eigenvalue weighted by molar-refractivity contribution is 5.74. The van der Waals surface area contributed by atoms with E-state index in [1.165, 1.54) is 0 Å². The highest BCUT2D eigenvalue weighted by atomic mass is 16.5. The molecule has 0 atom stereocenters. The monoisotopic (exact) mass is 342 g/mol. The molecule has 5 heteroatoms. The van der Waals surface area contributed by atoms with Gasteiger partial charge in [0, 0.05) is 11.1 Å². The van der Waals surface area contributed by atoms with Gasteiger partial charge in [0.25, 0.3) is 5.78 Å². The first kappa shape index (κ1) is 15.1. The molecule has 0 aliphatic carbocycles. The number of benzene rings is 2. The molecule has 0 saturated heterocycles. The maximum Gasteiger partial charge on any atom is 0.251 e. The number of ether oxygens (including phenoxy) is 1. The smallest absolute Gasteiger partial charge is 0.251 e. The quantitative estimate of drug-likeness (QED) is 0.515. The third-order valence-electron chi connectivity index (χ3n) is 4.71. The molecule has 0 radical (unpaired) electrons. The summed E-state index contributed by atoms with van der Waals surface area (Å²) in [6.45, 7) is 6.10. The number of fused-ring (bicyclic) bond motifs is 4. The summed E-state index contributed by atoms with van der Waals surface area (Å²) in [6.07, 6.45) is 1.92. The summed E-state index contributed by atoms with van der Waals surface area (Å²) < 4.78 is 7.95. The summed E-state index contributed by atoms with van der Waals surface area (Å²) in [5.41, 5.74) is 5.14. The maximum absolute atomic E-state index is 6.20. The third kappa shape index (κ3) is 2.20. The van der Waals surface area contributed by atoms with Crippen LogP contribution in [0, 0.1) is 6.92 Å². The number of hydrogen-bond acceptors (Lipinski definition) is 4. The van der Waals surface area contributed by atoms with Crippen molar-refractivity contribution in [1.82, 2.24) is 19.6 Å². The van der Waals surface area contributed by atoms with Gasteiger partial charge in [0.05, 0.1) is 11.9 Å². The molecule has 5 rings (SSSR count). The zero-order valence-corrected chi connectivity index (χ0v) is 14.9. The van der Waals surface area contributed by atoms with Crippen molar-refractivity contribution in [1.29, 1.82) is 0 Å². The summed E-state index contributed by atoms with van der Waals surface area (Å²) in [7, 11) is 0. The highest BCUT2D eigenvalue weighted by Crippen LogP contribution is 2.43. The summed E-state index contributed by atoms with van der Waals surface area (Å²) >= 11 is 0. The van der Waals surface area contributed by atoms with Crippen molar-refractivity contribution in [2.75, 3.05) is 0 Å². The molecule has 4 aromatic rings. The Labute approximate surface area is 151 Å². The van der Waals surface area contributed by atoms with Crippen LogP contribution < -0.4 is 4.74 Å². The van der Waals surface area contributed by atoms with E-state index in [1.807, 2.05) is 56.4 Å². The molecule has 0 N–H and O–H groups in total. The first-order valence-corrected chi connectivity index (χ1v) is 8.65. The standard InChI is InChI=1S/C21H18N4O/c1-13-9-10-17-15(11-13)18-19(21(2,3)26-17)24-25-12-16(22-20(25)23-18)14-7-5-4-6-8-14/h4-12H,1-3H3. The Morgan fingerprint density at radius 2 is 1.81 bits per heavy atom. The van der Waals surface area contributed by atoms with Crippen LogP contribution in [0.3, 0.4) is 0 Å². The third-order valence-corrected chi connectivity index (χ3v) is 4.71. The zero-order chi connectivity index (χ0) is 17.9. The van der Waals surface area contributed by atoms with Crippen LogP contribution >= 0.6 is 0 Å². The summed E-state index contributed by atoms with van der Waals surface area (Å²) in [5, 5.41) is 4.81. The Morgan fingerprint density at radius 3 is 2.62 bits per heavy atom. The van der Waals surface area contributed by atoms with Crippen LogP contribution in [0.4, 0.5) is 0 Å². The molecular weight excluding hydrogens is 324 g/mol. The van der Waals surface area contributed by atoms with Crippen LogP contribution in [-0.2, 0) is 5.60 Å². The maximum atomic E-state index is 6.20. The van der Waals surface area contributed by atoms with E-state index < -0.39 is 5.60 Å². The van der Waals surface area contributed by atoms with Crippen LogP contribution in [0.25, 0.3) is 28.3 Å². The average molecular weight is 342 g/mol. The minimum Gasteiger partial charge on any atom is -0.481 e. The second-order valence-corrected chi connectivity index (χ2v) is 7.16. The molecule has 3 heterocycles. The molecule has 0 unspecified atom stereocenters. The predicted octanol–water partition coefficient (Wildman–Crippen LogP) is 4.39. The minimum atomic E-state index is -0.560. The lowest BCUT2D eigenvalue weighted by Gasteiger charge is -2.32. The van der Waals surface area contributed by atoms with Gasteiger partial charge in [0.1, 0.15) is 22.7 Å². The van der Waals surface area contributed by atoms with E-state index in [2.05, 4.69) is 24.0 Å². The van der Waals surface area contributed by atoms with Crippen molar-refractivity contribution in [2.45, 2.75) is 26.4 Å². The molecule has 0 fully saturated rings. The normalized spacial score (nSPS) is 14.6. The minimum absolute atomic E-state index is 0.560. The van der Waals surface area contributed by atoms with Gasteiger partial charge in [-0.15, -0.1) is 0 Å². The first-order valence-electron chi connectivity index (χ1n) is 8.65. The Bertz CT molecular complexity index is 1150. The fraction of sp³-hybridized carbons (Fsp3) is 0.190. The van der Waals surface area contributed by atoms with Crippen LogP contribution in [0.2, 0.25) is 0 Å². The van der Waals surface area contributed by atoms with Gasteiger partial charge in [-0.2, -0.15) is 5.10 Å². The molecule has 1 aliphatic heterocycles. The van der Waals surface area contributed by atoms with Gasteiger partial charge < -0.3 is 4.74 Å². The number of aromatic nitrogens is 4. The van der Waals surface area contributed by atoms with E-state index in [9.17, 15) is 0 Å². The molecule has 2 aromatic heterocycles. The molecule has 0 saturated carbocycles. The van der Waals surface area contributed by atoms with E-state index in [0.29, 0.717) is 5.78 Å². The summed E-state index contributed by atoms with van der Waals surface area (Å²) in [5.74, 6) is 1.43. The van der Waals surface area contributed by atoms with Gasteiger partial charge in [-0.1, -0.05) is 42.0 Å². The van der Waals surface area contributed by atoms with Gasteiger partial charge in [-0.05, 0) is 32.9 Å². The number of nitrogens with zero attached hydrogens (tertiary/aromatic N) is 4. The van der Waals surface area contributed by atoms with Crippen LogP contribution in [0.15, 0.2) is 54.7 Å². The Morgan fingerprint density at radius 1 is 1.00 bits per heavy atom. The van der Waals surface area contributed by atoms with Crippen molar-refractivity contribution in [3.63, 3.8) is 0 Å². The molecular formula is C21H18N4O. The predicted molar refractivity (Wildman–Crippen MR) is 100 cm³/mol. The molecule has 1 aliphatic rings. The van der Waals surface area contributed by atoms with Crippen molar-refractivity contribution in [2.24, 2.45) is 0 Å². The Kier molecular flexibility index (Phi) is 2.98. The second-order valence-electron chi connectivity index (χ2n) is 7.16. The largest absolute Gasteiger partial charge is 0.481 e. The lowest BCUT2D eigenvalue weighted by Crippen LogP contribution is -2.32. The molecule has 0 spiro atoms. The number of rotatable bonds is 1. The van der Waals surface area contributed by atoms with E-state index in [0.717, 1.165) is 39.5 Å². The lowest BCUT2D eigenvalue weighted by molar-refractivity contribution is 0.0984. The van der Waals surface area contributed by atoms with Crippen molar-refractivity contribution in [3.8, 4) is 28.3 Å². The molecule has 26 heavy (non-hydrogen) atoms. The molecule has 128 valence electrons. The molecule has 2 aromatic carbocycles. The van der Waals surface area contributed by atoms with Gasteiger partial charge in [0.15, 0.2) is 0 Å². The molecule has 5 nitrogen and oxygen atoms in total. The SMILES string of the molecule is Cc1ccc2c(c1)-c1nc3nc(-c4ccccc4)cn3nc1C(C)(C)O2. The summed E-state index contributed by atoms with van der Waals surface area (Å²) in [6, 6.07) is 16.2. The van der Waals surface area contributed by atoms with Gasteiger partial charge in [-0.3, -0.25) is 0 Å². The van der Waals surface area contributed by atoms with Crippen molar-refractivity contribution < 1.29 is 4.74 Å². The fourth-order valence-corrected chi connectivity index (χ4v) is 3.40. The topological polar surface area (TPSA) is 52.3 Å². The highest BCUT2D eigenvalue weighted by Gasteiger charge is 2.36. The van der Waals surface area contributed by atoms with Gasteiger partial charge in [0.2, 0.25) is 0 Å². The lowest BCUT2D eigenvalue weighted by atomic mass is 9.94. The van der Waals surface area contributed by atoms with E-state index in [1.54, 1.807) is 4.52 Å². The molecule has 0 bridgehead atoms. The average Bonchev–Trinajstić information content (AvgIpc) is 3.05. The van der Waals surface area contributed by atoms with E-state index in [4.69, 9.17) is 14.8 Å². The summed E-state index contributed by atoms with van der Waals surface area (Å²) in [4.78, 5) is 9.53. The van der Waals surface area contributed by atoms with Crippen LogP contribution in [-0.4, -0.2) is 19.6 Å². The molecule has 0 amide bonds. The number of hydrogen-bond donors (Lipinski definition) is 0. The van der Waals surface area contributed by atoms with E-state index >= 15 is 0 Å². The number of aryl methyl sites for hydroxylation is 1. The van der Waals surface area contributed by atoms with E-state index in [-0.39, 0.29) is 0 Å². The van der Waals surface area contributed by atoms with Gasteiger partial charge in [-0.25, -0.2) is 14.5 Å². The van der Waals surface area contributed by atoms with Crippen molar-refractivity contribution in [3.05, 3.63) is 66.0 Å². The first-order chi connectivity index (χ1) is 12.5. The zero-order valence-electron chi connectivity index (χ0n) is 14.9. The Hall–Kier alpha value is -3.21. The Balaban J connectivity index is 1.77. The van der Waals surface area contributed by atoms with Crippen LogP contribution in [0.5, 0.6) is 5.75 Å². The van der Waals surface area contributed by atoms with Crippen molar-refractivity contribution >= 4 is 5.78 Å². The number of imidazole rings is 1. The van der Waals surface area contributed by atoms with Gasteiger partial charge >= 0.3 is 0 Å². The second kappa shape index (κ2) is 5.14.